The summed E-state index contributed by atoms with van der Waals surface area (Å²) >= 11 is 0. The maximum atomic E-state index is 13.7. The molecule has 3 N–H and O–H groups in total. The van der Waals surface area contributed by atoms with Gasteiger partial charge in [-0.05, 0) is 78.2 Å². The maximum Gasteiger partial charge on any atom is 0.258 e. The van der Waals surface area contributed by atoms with E-state index in [1.807, 2.05) is 38.1 Å². The molecule has 0 radical (unpaired) electrons. The molecular formula is C33H43N7O3P+. The van der Waals surface area contributed by atoms with Gasteiger partial charge in [0.15, 0.2) is 0 Å². The van der Waals surface area contributed by atoms with Crippen molar-refractivity contribution in [1.82, 2.24) is 24.2 Å². The summed E-state index contributed by atoms with van der Waals surface area (Å²) in [4.78, 5) is 26.4. The van der Waals surface area contributed by atoms with Crippen LogP contribution in [-0.4, -0.2) is 62.6 Å². The monoisotopic (exact) mass is 616 g/mol. The minimum absolute atomic E-state index is 0.105. The number of fused-ring (bicyclic) bond motifs is 1. The molecule has 1 fully saturated rings. The molecule has 2 aromatic heterocycles. The molecule has 1 aliphatic rings. The lowest BCUT2D eigenvalue weighted by molar-refractivity contribution is -0.271. The van der Waals surface area contributed by atoms with E-state index in [0.29, 0.717) is 28.8 Å². The molecule has 232 valence electrons. The largest absolute Gasteiger partial charge is 0.373 e. The van der Waals surface area contributed by atoms with Crippen molar-refractivity contribution in [3.63, 3.8) is 0 Å². The van der Waals surface area contributed by atoms with E-state index in [9.17, 15) is 15.2 Å². The number of hydrogen-bond donors (Lipinski definition) is 3. The maximum absolute atomic E-state index is 13.7. The average molecular weight is 617 g/mol. The van der Waals surface area contributed by atoms with Gasteiger partial charge in [0.2, 0.25) is 11.6 Å². The number of piperazine rings is 1. The summed E-state index contributed by atoms with van der Waals surface area (Å²) in [7, 11) is 5.63. The molecule has 0 saturated carbocycles. The van der Waals surface area contributed by atoms with Crippen LogP contribution in [0.5, 0.6) is 0 Å². The molecular weight excluding hydrogens is 573 g/mol. The van der Waals surface area contributed by atoms with Crippen LogP contribution in [-0.2, 0) is 7.05 Å². The Morgan fingerprint density at radius 2 is 1.86 bits per heavy atom. The highest BCUT2D eigenvalue weighted by atomic mass is 31.0. The Bertz CT molecular complexity index is 1750. The van der Waals surface area contributed by atoms with Crippen molar-refractivity contribution >= 4 is 42.6 Å². The van der Waals surface area contributed by atoms with Crippen LogP contribution >= 0.6 is 9.24 Å². The van der Waals surface area contributed by atoms with E-state index in [2.05, 4.69) is 56.5 Å². The van der Waals surface area contributed by atoms with Crippen LogP contribution in [0.2, 0.25) is 0 Å². The number of hydroxylamine groups is 2. The van der Waals surface area contributed by atoms with Crippen molar-refractivity contribution in [1.29, 1.82) is 0 Å². The second kappa shape index (κ2) is 12.7. The highest BCUT2D eigenvalue weighted by Crippen LogP contribution is 2.34. The second-order valence-electron chi connectivity index (χ2n) is 11.9. The standard InChI is InChI=1S/C33H43N7O3P/c1-7-8-11-38-12-13-39(20-22(38)3)33-34-18-24(19-35-33)30-17-27-26(14-21(2)15-28(27)32(41)37(30)5)23(4)36-29-10-9-25(44)16-31(29)40(6,42)43/h8-11,14-19,22-23,36,42-43H,7,12-13,20,44H2,1-6H3/q+1/b11-8-/t22?,23-/m1/s1. The van der Waals surface area contributed by atoms with Crippen molar-refractivity contribution in [2.45, 2.75) is 46.2 Å². The third-order valence-corrected chi connectivity index (χ3v) is 8.64. The van der Waals surface area contributed by atoms with Gasteiger partial charge < -0.3 is 19.7 Å². The number of nitrogens with one attached hydrogen (secondary N) is 1. The van der Waals surface area contributed by atoms with Crippen LogP contribution in [0.3, 0.4) is 0 Å². The van der Waals surface area contributed by atoms with Gasteiger partial charge in [-0.25, -0.2) is 9.97 Å². The molecule has 5 rings (SSSR count). The molecule has 1 aliphatic heterocycles. The number of allylic oxidation sites excluding steroid dienone is 1. The zero-order chi connectivity index (χ0) is 31.8. The molecule has 0 aliphatic carbocycles. The van der Waals surface area contributed by atoms with Crippen LogP contribution in [0.1, 0.15) is 44.4 Å². The van der Waals surface area contributed by atoms with E-state index in [1.54, 1.807) is 30.1 Å². The Balaban J connectivity index is 1.49. The lowest BCUT2D eigenvalue weighted by Gasteiger charge is -2.39. The minimum atomic E-state index is -1.31. The second-order valence-corrected chi connectivity index (χ2v) is 12.5. The fourth-order valence-corrected chi connectivity index (χ4v) is 6.14. The quantitative estimate of drug-likeness (QED) is 0.142. The fourth-order valence-electron chi connectivity index (χ4n) is 5.89. The summed E-state index contributed by atoms with van der Waals surface area (Å²) in [5, 5.41) is 26.4. The number of aromatic nitrogens is 3. The molecule has 4 aromatic rings. The van der Waals surface area contributed by atoms with Crippen molar-refractivity contribution in [3.05, 3.63) is 82.5 Å². The zero-order valence-electron chi connectivity index (χ0n) is 26.3. The number of hydrogen-bond acceptors (Lipinski definition) is 8. The van der Waals surface area contributed by atoms with Crippen LogP contribution in [0.25, 0.3) is 22.0 Å². The van der Waals surface area contributed by atoms with Gasteiger partial charge in [0, 0.05) is 68.2 Å². The number of anilines is 2. The van der Waals surface area contributed by atoms with Gasteiger partial charge in [0.25, 0.3) is 5.56 Å². The molecule has 1 saturated heterocycles. The molecule has 11 heteroatoms. The van der Waals surface area contributed by atoms with E-state index >= 15 is 0 Å². The number of pyridine rings is 1. The zero-order valence-corrected chi connectivity index (χ0v) is 27.5. The minimum Gasteiger partial charge on any atom is -0.373 e. The number of benzene rings is 2. The van der Waals surface area contributed by atoms with Gasteiger partial charge in [0.05, 0.1) is 5.69 Å². The fraction of sp³-hybridized carbons (Fsp3) is 0.364. The highest BCUT2D eigenvalue weighted by Gasteiger charge is 2.27. The van der Waals surface area contributed by atoms with Crippen LogP contribution in [0.4, 0.5) is 17.3 Å². The molecule has 2 aromatic carbocycles. The van der Waals surface area contributed by atoms with E-state index < -0.39 is 4.81 Å². The topological polar surface area (TPSA) is 107 Å². The molecule has 0 amide bonds. The van der Waals surface area contributed by atoms with E-state index in [0.717, 1.165) is 59.1 Å². The normalized spacial score (nSPS) is 16.6. The highest BCUT2D eigenvalue weighted by molar-refractivity contribution is 7.27. The Morgan fingerprint density at radius 3 is 2.52 bits per heavy atom. The molecule has 44 heavy (non-hydrogen) atoms. The summed E-state index contributed by atoms with van der Waals surface area (Å²) in [6.45, 7) is 10.9. The first-order chi connectivity index (χ1) is 20.9. The van der Waals surface area contributed by atoms with Gasteiger partial charge >= 0.3 is 0 Å². The Hall–Kier alpha value is -3.82. The smallest absolute Gasteiger partial charge is 0.258 e. The third-order valence-electron chi connectivity index (χ3n) is 8.28. The van der Waals surface area contributed by atoms with Gasteiger partial charge in [-0.3, -0.25) is 4.79 Å². The SMILES string of the molecule is CC/C=C\N1CCN(c2ncc(-c3cc4c([C@@H](C)Nc5ccc(P)cc5[N+](C)(O)O)cc(C)cc4c(=O)n3C)cn2)CC1C. The van der Waals surface area contributed by atoms with E-state index in [-0.39, 0.29) is 11.6 Å². The summed E-state index contributed by atoms with van der Waals surface area (Å²) in [6.07, 6.45) is 8.98. The van der Waals surface area contributed by atoms with Crippen molar-refractivity contribution in [2.24, 2.45) is 7.05 Å². The van der Waals surface area contributed by atoms with Gasteiger partial charge in [-0.15, -0.1) is 9.24 Å². The number of rotatable bonds is 8. The van der Waals surface area contributed by atoms with Crippen molar-refractivity contribution < 1.29 is 10.4 Å². The summed E-state index contributed by atoms with van der Waals surface area (Å²) in [5.41, 5.74) is 4.14. The average Bonchev–Trinajstić information content (AvgIpc) is 2.98. The van der Waals surface area contributed by atoms with Gasteiger partial charge in [0.1, 0.15) is 12.7 Å². The Labute approximate surface area is 261 Å². The van der Waals surface area contributed by atoms with Gasteiger partial charge in [-0.1, -0.05) is 25.1 Å². The number of aryl methyl sites for hydroxylation is 1. The van der Waals surface area contributed by atoms with E-state index in [4.69, 9.17) is 9.97 Å². The predicted octanol–water partition coefficient (Wildman–Crippen LogP) is 5.13. The first-order valence-corrected chi connectivity index (χ1v) is 15.6. The van der Waals surface area contributed by atoms with Crippen LogP contribution in [0.15, 0.2) is 65.9 Å². The van der Waals surface area contributed by atoms with Crippen molar-refractivity contribution in [2.75, 3.05) is 36.9 Å². The Kier molecular flexibility index (Phi) is 9.09. The first-order valence-electron chi connectivity index (χ1n) is 15.0. The third kappa shape index (κ3) is 6.49. The number of quaternary nitrogens is 1. The summed E-state index contributed by atoms with van der Waals surface area (Å²) in [5.74, 6) is 0.685. The molecule has 3 heterocycles. The lowest BCUT2D eigenvalue weighted by Crippen LogP contribution is -2.50. The molecule has 2 unspecified atom stereocenters. The molecule has 0 bridgehead atoms. The van der Waals surface area contributed by atoms with Crippen LogP contribution < -0.4 is 25.9 Å². The summed E-state index contributed by atoms with van der Waals surface area (Å²) < 4.78 is 1.65. The first kappa shape index (κ1) is 31.6. The van der Waals surface area contributed by atoms with E-state index in [1.165, 1.54) is 7.05 Å². The van der Waals surface area contributed by atoms with Crippen molar-refractivity contribution in [3.8, 4) is 11.3 Å². The van der Waals surface area contributed by atoms with Gasteiger partial charge in [-0.2, -0.15) is 10.4 Å². The molecule has 10 nitrogen and oxygen atoms in total. The Morgan fingerprint density at radius 1 is 1.14 bits per heavy atom. The lowest BCUT2D eigenvalue weighted by atomic mass is 9.96. The molecule has 0 spiro atoms. The summed E-state index contributed by atoms with van der Waals surface area (Å²) in [6, 6.07) is 11.5. The number of nitrogens with zero attached hydrogens (tertiary/aromatic N) is 6. The van der Waals surface area contributed by atoms with Crippen LogP contribution in [0, 0.1) is 6.92 Å². The predicted molar refractivity (Wildman–Crippen MR) is 182 cm³/mol. The molecule has 3 atom stereocenters.